The van der Waals surface area contributed by atoms with E-state index in [1.54, 1.807) is 0 Å². The van der Waals surface area contributed by atoms with Crippen LogP contribution in [0.25, 0.3) is 0 Å². The van der Waals surface area contributed by atoms with Crippen LogP contribution < -0.4 is 16.0 Å². The predicted molar refractivity (Wildman–Crippen MR) is 173 cm³/mol. The summed E-state index contributed by atoms with van der Waals surface area (Å²) in [7, 11) is 7.75. The molecule has 2 unspecified atom stereocenters. The van der Waals surface area contributed by atoms with Gasteiger partial charge in [0.15, 0.2) is 5.78 Å². The van der Waals surface area contributed by atoms with Gasteiger partial charge >= 0.3 is 0 Å². The first-order valence-corrected chi connectivity index (χ1v) is 19.8. The van der Waals surface area contributed by atoms with Crippen molar-refractivity contribution >= 4 is 66.7 Å². The fourth-order valence-electron chi connectivity index (χ4n) is 4.50. The van der Waals surface area contributed by atoms with Gasteiger partial charge in [-0.1, -0.05) is 56.0 Å². The molecule has 0 aromatic carbocycles. The van der Waals surface area contributed by atoms with Crippen LogP contribution in [0.15, 0.2) is 0 Å². The zero-order chi connectivity index (χ0) is 29.5. The summed E-state index contributed by atoms with van der Waals surface area (Å²) >= 11 is 0. The SMILES string of the molecule is O=C(CCCCC1CCSS1)NCCCC(=O)[C@H](CC(=O)NCCOCCCO)NC(=O)CCCCC1CCSS1. The van der Waals surface area contributed by atoms with Crippen LogP contribution >= 0.6 is 43.2 Å². The van der Waals surface area contributed by atoms with E-state index in [4.69, 9.17) is 9.84 Å². The molecule has 0 bridgehead atoms. The fraction of sp³-hybridized carbons (Fsp3) is 0.857. The van der Waals surface area contributed by atoms with Gasteiger partial charge in [-0.2, -0.15) is 0 Å². The van der Waals surface area contributed by atoms with Gasteiger partial charge in [-0.3, -0.25) is 19.2 Å². The Bertz CT molecular complexity index is 767. The Balaban J connectivity index is 1.67. The molecular formula is C28H49N3O6S4. The Hall–Kier alpha value is -0.600. The normalized spacial score (nSPS) is 19.1. The highest BCUT2D eigenvalue weighted by Crippen LogP contribution is 2.40. The maximum Gasteiger partial charge on any atom is 0.222 e. The molecule has 2 saturated heterocycles. The molecule has 2 aliphatic rings. The summed E-state index contributed by atoms with van der Waals surface area (Å²) < 4.78 is 5.32. The standard InChI is InChI=1S/C28H49N3O6S4/c32-16-6-17-37-18-15-30-28(36)21-24(31-27(35)11-4-2-8-23-13-20-39-41-23)25(33)9-5-14-29-26(34)10-3-1-7-22-12-19-38-40-22/h22-24,32H,1-21H2,(H,29,34)(H,30,36)(H,31,35)/t22?,23?,24-/m0/s1. The van der Waals surface area contributed by atoms with Crippen molar-refractivity contribution in [1.29, 1.82) is 0 Å². The van der Waals surface area contributed by atoms with Gasteiger partial charge in [0.2, 0.25) is 17.7 Å². The van der Waals surface area contributed by atoms with Crippen molar-refractivity contribution < 1.29 is 29.0 Å². The van der Waals surface area contributed by atoms with Gasteiger partial charge in [-0.05, 0) is 51.4 Å². The van der Waals surface area contributed by atoms with Crippen molar-refractivity contribution in [3.05, 3.63) is 0 Å². The van der Waals surface area contributed by atoms with Crippen molar-refractivity contribution in [2.75, 3.05) is 44.4 Å². The smallest absolute Gasteiger partial charge is 0.222 e. The number of amides is 3. The molecule has 236 valence electrons. The van der Waals surface area contributed by atoms with Crippen molar-refractivity contribution in [3.8, 4) is 0 Å². The lowest BCUT2D eigenvalue weighted by Gasteiger charge is -2.18. The third-order valence-electron chi connectivity index (χ3n) is 6.87. The number of hydrogen-bond donors (Lipinski definition) is 4. The first kappa shape index (κ1) is 36.6. The molecule has 2 rings (SSSR count). The maximum atomic E-state index is 13.0. The molecule has 4 N–H and O–H groups in total. The molecule has 0 spiro atoms. The second-order valence-corrected chi connectivity index (χ2v) is 16.0. The summed E-state index contributed by atoms with van der Waals surface area (Å²) in [5.41, 5.74) is 0. The quantitative estimate of drug-likeness (QED) is 0.0886. The van der Waals surface area contributed by atoms with Crippen LogP contribution in [0.2, 0.25) is 0 Å². The summed E-state index contributed by atoms with van der Waals surface area (Å²) in [6.45, 7) is 1.47. The third-order valence-corrected chi connectivity index (χ3v) is 12.9. The van der Waals surface area contributed by atoms with Crippen molar-refractivity contribution in [2.24, 2.45) is 0 Å². The number of aliphatic hydroxyl groups excluding tert-OH is 1. The van der Waals surface area contributed by atoms with Gasteiger partial charge in [0.1, 0.15) is 0 Å². The summed E-state index contributed by atoms with van der Waals surface area (Å²) in [5, 5.41) is 18.6. The minimum Gasteiger partial charge on any atom is -0.396 e. The van der Waals surface area contributed by atoms with Crippen LogP contribution in [0.3, 0.4) is 0 Å². The Labute approximate surface area is 261 Å². The highest BCUT2D eigenvalue weighted by molar-refractivity contribution is 8.77. The zero-order valence-corrected chi connectivity index (χ0v) is 27.5. The first-order valence-electron chi connectivity index (χ1n) is 15.1. The van der Waals surface area contributed by atoms with Gasteiger partial charge in [0, 0.05) is 67.6 Å². The average molecular weight is 652 g/mol. The molecule has 0 saturated carbocycles. The Kier molecular flexibility index (Phi) is 21.2. The molecule has 2 heterocycles. The van der Waals surface area contributed by atoms with Crippen molar-refractivity contribution in [1.82, 2.24) is 16.0 Å². The van der Waals surface area contributed by atoms with Crippen LogP contribution in [-0.2, 0) is 23.9 Å². The maximum absolute atomic E-state index is 13.0. The summed E-state index contributed by atoms with van der Waals surface area (Å²) in [4.78, 5) is 50.3. The van der Waals surface area contributed by atoms with E-state index in [9.17, 15) is 19.2 Å². The molecule has 2 fully saturated rings. The van der Waals surface area contributed by atoms with E-state index in [0.717, 1.165) is 43.8 Å². The van der Waals surface area contributed by atoms with E-state index in [-0.39, 0.29) is 43.0 Å². The summed E-state index contributed by atoms with van der Waals surface area (Å²) in [5.74, 6) is 1.69. The molecule has 0 radical (unpaired) electrons. The van der Waals surface area contributed by atoms with Gasteiger partial charge in [0.25, 0.3) is 0 Å². The Morgan fingerprint density at radius 3 is 1.98 bits per heavy atom. The monoisotopic (exact) mass is 651 g/mol. The average Bonchev–Trinajstić information content (AvgIpc) is 3.68. The number of carbonyl (C=O) groups is 4. The van der Waals surface area contributed by atoms with E-state index in [1.807, 2.05) is 43.2 Å². The molecule has 9 nitrogen and oxygen atoms in total. The second kappa shape index (κ2) is 23.8. The Morgan fingerprint density at radius 2 is 1.37 bits per heavy atom. The number of hydrogen-bond acceptors (Lipinski definition) is 10. The van der Waals surface area contributed by atoms with Crippen LogP contribution in [-0.4, -0.2) is 89.6 Å². The minimum atomic E-state index is -0.887. The van der Waals surface area contributed by atoms with Crippen LogP contribution in [0, 0.1) is 0 Å². The largest absolute Gasteiger partial charge is 0.396 e. The molecule has 13 heteroatoms. The third kappa shape index (κ3) is 18.6. The van der Waals surface area contributed by atoms with E-state index < -0.39 is 6.04 Å². The second-order valence-electron chi connectivity index (χ2n) is 10.4. The highest BCUT2D eigenvalue weighted by atomic mass is 33.1. The number of nitrogens with one attached hydrogen (secondary N) is 3. The van der Waals surface area contributed by atoms with Crippen molar-refractivity contribution in [2.45, 2.75) is 106 Å². The number of unbranched alkanes of at least 4 members (excludes halogenated alkanes) is 2. The van der Waals surface area contributed by atoms with Crippen LogP contribution in [0.1, 0.15) is 89.9 Å². The van der Waals surface area contributed by atoms with Gasteiger partial charge in [-0.15, -0.1) is 0 Å². The molecule has 0 aromatic heterocycles. The summed E-state index contributed by atoms with van der Waals surface area (Å²) in [6, 6.07) is -0.887. The van der Waals surface area contributed by atoms with Gasteiger partial charge in [0.05, 0.1) is 19.1 Å². The molecule has 0 aliphatic carbocycles. The van der Waals surface area contributed by atoms with Crippen LogP contribution in [0.5, 0.6) is 0 Å². The molecule has 0 aromatic rings. The minimum absolute atomic E-state index is 0.00550. The number of ether oxygens (including phenoxy) is 1. The molecule has 3 atom stereocenters. The van der Waals surface area contributed by atoms with Gasteiger partial charge < -0.3 is 25.8 Å². The van der Waals surface area contributed by atoms with E-state index in [1.165, 1.54) is 24.3 Å². The molecule has 2 aliphatic heterocycles. The Morgan fingerprint density at radius 1 is 0.732 bits per heavy atom. The number of aliphatic hydroxyl groups is 1. The first-order chi connectivity index (χ1) is 20.0. The highest BCUT2D eigenvalue weighted by Gasteiger charge is 2.24. The molecule has 41 heavy (non-hydrogen) atoms. The number of rotatable bonds is 24. The lowest BCUT2D eigenvalue weighted by Crippen LogP contribution is -2.44. The lowest BCUT2D eigenvalue weighted by atomic mass is 10.0. The topological polar surface area (TPSA) is 134 Å². The van der Waals surface area contributed by atoms with Crippen LogP contribution in [0.4, 0.5) is 0 Å². The van der Waals surface area contributed by atoms with Gasteiger partial charge in [-0.25, -0.2) is 0 Å². The number of carbonyl (C=O) groups excluding carboxylic acids is 4. The predicted octanol–water partition coefficient (Wildman–Crippen LogP) is 4.27. The van der Waals surface area contributed by atoms with E-state index in [0.29, 0.717) is 57.2 Å². The zero-order valence-electron chi connectivity index (χ0n) is 24.2. The number of ketones is 1. The molecular weight excluding hydrogens is 603 g/mol. The fourth-order valence-corrected chi connectivity index (χ4v) is 10.6. The molecule has 3 amide bonds. The van der Waals surface area contributed by atoms with Crippen molar-refractivity contribution in [3.63, 3.8) is 0 Å². The van der Waals surface area contributed by atoms with E-state index >= 15 is 0 Å². The van der Waals surface area contributed by atoms with E-state index in [2.05, 4.69) is 16.0 Å². The summed E-state index contributed by atoms with van der Waals surface area (Å²) in [6.07, 6.45) is 10.3. The number of Topliss-reactive ketones (excluding diaryl/α,β-unsaturated/α-hetero) is 1. The lowest BCUT2D eigenvalue weighted by molar-refractivity contribution is -0.130.